The van der Waals surface area contributed by atoms with Gasteiger partial charge in [0.15, 0.2) is 0 Å². The number of hydrogen-bond acceptors (Lipinski definition) is 4. The number of rotatable bonds is 6. The van der Waals surface area contributed by atoms with E-state index in [1.54, 1.807) is 11.3 Å². The van der Waals surface area contributed by atoms with E-state index in [-0.39, 0.29) is 0 Å². The molecule has 3 rings (SSSR count). The molecule has 0 aliphatic heterocycles. The molecule has 1 aromatic heterocycles. The zero-order chi connectivity index (χ0) is 13.9. The lowest BCUT2D eigenvalue weighted by molar-refractivity contribution is 0.643. The summed E-state index contributed by atoms with van der Waals surface area (Å²) in [6.07, 6.45) is 4.76. The van der Waals surface area contributed by atoms with Gasteiger partial charge < -0.3 is 5.32 Å². The lowest BCUT2D eigenvalue weighted by Crippen LogP contribution is -2.17. The Kier molecular flexibility index (Phi) is 4.71. The second-order valence-electron chi connectivity index (χ2n) is 4.93. The van der Waals surface area contributed by atoms with Crippen molar-refractivity contribution in [3.05, 3.63) is 32.7 Å². The zero-order valence-electron chi connectivity index (χ0n) is 10.9. The van der Waals surface area contributed by atoms with E-state index in [0.29, 0.717) is 5.02 Å². The summed E-state index contributed by atoms with van der Waals surface area (Å²) in [6, 6.07) is 6.65. The lowest BCUT2D eigenvalue weighted by Gasteiger charge is -2.01. The van der Waals surface area contributed by atoms with Gasteiger partial charge in [-0.15, -0.1) is 10.2 Å². The molecular weight excluding hydrogens is 358 g/mol. The Hall–Kier alpha value is -0.490. The van der Waals surface area contributed by atoms with Crippen LogP contribution in [0, 0.1) is 0 Å². The highest BCUT2D eigenvalue weighted by Gasteiger charge is 2.19. The van der Waals surface area contributed by atoms with Gasteiger partial charge in [-0.25, -0.2) is 0 Å². The maximum Gasteiger partial charge on any atom is 0.149 e. The first-order chi connectivity index (χ1) is 9.74. The quantitative estimate of drug-likeness (QED) is 0.768. The standard InChI is InChI=1S/C14H15BrClN3S/c15-11-4-1-3-10(13(11)16)14-19-18-12(20-14)5-2-8-17-9-6-7-9/h1,3-4,9,17H,2,5-8H2. The van der Waals surface area contributed by atoms with Gasteiger partial charge in [0.05, 0.1) is 5.02 Å². The first-order valence-electron chi connectivity index (χ1n) is 6.74. The molecule has 1 aliphatic rings. The molecule has 0 atom stereocenters. The van der Waals surface area contributed by atoms with Crippen molar-refractivity contribution in [1.29, 1.82) is 0 Å². The molecule has 3 nitrogen and oxygen atoms in total. The molecule has 1 fully saturated rings. The summed E-state index contributed by atoms with van der Waals surface area (Å²) in [7, 11) is 0. The van der Waals surface area contributed by atoms with Gasteiger partial charge in [-0.3, -0.25) is 0 Å². The minimum atomic E-state index is 0.700. The van der Waals surface area contributed by atoms with Crippen LogP contribution < -0.4 is 5.32 Å². The van der Waals surface area contributed by atoms with Crippen molar-refractivity contribution in [3.8, 4) is 10.6 Å². The highest BCUT2D eigenvalue weighted by Crippen LogP contribution is 2.35. The van der Waals surface area contributed by atoms with E-state index in [1.165, 1.54) is 12.8 Å². The van der Waals surface area contributed by atoms with Gasteiger partial charge in [0, 0.05) is 22.5 Å². The number of halogens is 2. The molecule has 0 radical (unpaired) electrons. The highest BCUT2D eigenvalue weighted by atomic mass is 79.9. The third-order valence-electron chi connectivity index (χ3n) is 3.23. The molecular formula is C14H15BrClN3S. The maximum atomic E-state index is 6.29. The van der Waals surface area contributed by atoms with E-state index in [4.69, 9.17) is 11.6 Å². The SMILES string of the molecule is Clc1c(Br)cccc1-c1nnc(CCCNC2CC2)s1. The van der Waals surface area contributed by atoms with Crippen LogP contribution in [-0.4, -0.2) is 22.8 Å². The Bertz CT molecular complexity index is 598. The Labute approximate surface area is 135 Å². The minimum absolute atomic E-state index is 0.700. The second-order valence-corrected chi connectivity index (χ2v) is 7.23. The van der Waals surface area contributed by atoms with Crippen LogP contribution in [0.5, 0.6) is 0 Å². The number of aromatic nitrogens is 2. The lowest BCUT2D eigenvalue weighted by atomic mass is 10.2. The van der Waals surface area contributed by atoms with Gasteiger partial charge in [0.1, 0.15) is 10.0 Å². The average molecular weight is 373 g/mol. The monoisotopic (exact) mass is 371 g/mol. The Balaban J connectivity index is 1.62. The van der Waals surface area contributed by atoms with Crippen molar-refractivity contribution < 1.29 is 0 Å². The van der Waals surface area contributed by atoms with Gasteiger partial charge in [0.25, 0.3) is 0 Å². The summed E-state index contributed by atoms with van der Waals surface area (Å²) in [5.74, 6) is 0. The molecule has 6 heteroatoms. The van der Waals surface area contributed by atoms with E-state index < -0.39 is 0 Å². The fraction of sp³-hybridized carbons (Fsp3) is 0.429. The average Bonchev–Trinajstić information content (AvgIpc) is 3.15. The van der Waals surface area contributed by atoms with E-state index >= 15 is 0 Å². The van der Waals surface area contributed by atoms with Gasteiger partial charge in [-0.1, -0.05) is 35.1 Å². The van der Waals surface area contributed by atoms with Crippen LogP contribution in [0.1, 0.15) is 24.3 Å². The van der Waals surface area contributed by atoms with Crippen molar-refractivity contribution in [3.63, 3.8) is 0 Å². The fourth-order valence-electron chi connectivity index (χ4n) is 1.97. The Morgan fingerprint density at radius 3 is 3.00 bits per heavy atom. The van der Waals surface area contributed by atoms with E-state index in [2.05, 4.69) is 31.4 Å². The first-order valence-corrected chi connectivity index (χ1v) is 8.73. The number of nitrogens with one attached hydrogen (secondary N) is 1. The summed E-state index contributed by atoms with van der Waals surface area (Å²) in [4.78, 5) is 0. The van der Waals surface area contributed by atoms with Gasteiger partial charge in [-0.2, -0.15) is 0 Å². The molecule has 0 saturated heterocycles. The Morgan fingerprint density at radius 1 is 1.35 bits per heavy atom. The van der Waals surface area contributed by atoms with Gasteiger partial charge >= 0.3 is 0 Å². The summed E-state index contributed by atoms with van der Waals surface area (Å²) in [5, 5.41) is 14.7. The normalized spacial score (nSPS) is 14.7. The topological polar surface area (TPSA) is 37.8 Å². The molecule has 2 aromatic rings. The van der Waals surface area contributed by atoms with Crippen molar-refractivity contribution in [2.24, 2.45) is 0 Å². The number of nitrogens with zero attached hydrogens (tertiary/aromatic N) is 2. The number of hydrogen-bond donors (Lipinski definition) is 1. The molecule has 1 saturated carbocycles. The van der Waals surface area contributed by atoms with E-state index in [9.17, 15) is 0 Å². The van der Waals surface area contributed by atoms with Crippen molar-refractivity contribution in [2.75, 3.05) is 6.54 Å². The smallest absolute Gasteiger partial charge is 0.149 e. The van der Waals surface area contributed by atoms with Crippen LogP contribution in [0.25, 0.3) is 10.6 Å². The molecule has 1 heterocycles. The molecule has 106 valence electrons. The summed E-state index contributed by atoms with van der Waals surface area (Å²) in [5.41, 5.74) is 0.945. The van der Waals surface area contributed by atoms with Gasteiger partial charge in [-0.05, 0) is 47.8 Å². The van der Waals surface area contributed by atoms with Crippen LogP contribution in [0.4, 0.5) is 0 Å². The van der Waals surface area contributed by atoms with Crippen LogP contribution in [-0.2, 0) is 6.42 Å². The first kappa shape index (κ1) is 14.4. The summed E-state index contributed by atoms with van der Waals surface area (Å²) < 4.78 is 0.891. The molecule has 0 unspecified atom stereocenters. The minimum Gasteiger partial charge on any atom is -0.314 e. The molecule has 0 amide bonds. The second kappa shape index (κ2) is 6.52. The van der Waals surface area contributed by atoms with Crippen molar-refractivity contribution in [2.45, 2.75) is 31.7 Å². The number of benzene rings is 1. The maximum absolute atomic E-state index is 6.29. The van der Waals surface area contributed by atoms with Crippen LogP contribution in [0.2, 0.25) is 5.02 Å². The van der Waals surface area contributed by atoms with Crippen LogP contribution in [0.15, 0.2) is 22.7 Å². The molecule has 1 N–H and O–H groups in total. The van der Waals surface area contributed by atoms with E-state index in [1.807, 2.05) is 18.2 Å². The fourth-order valence-corrected chi connectivity index (χ4v) is 3.52. The number of aryl methyl sites for hydroxylation is 1. The molecule has 20 heavy (non-hydrogen) atoms. The largest absolute Gasteiger partial charge is 0.314 e. The predicted octanol–water partition coefficient (Wildman–Crippen LogP) is 4.31. The van der Waals surface area contributed by atoms with Crippen LogP contribution >= 0.6 is 38.9 Å². The summed E-state index contributed by atoms with van der Waals surface area (Å²) >= 11 is 11.4. The van der Waals surface area contributed by atoms with E-state index in [0.717, 1.165) is 45.5 Å². The van der Waals surface area contributed by atoms with Crippen molar-refractivity contribution in [1.82, 2.24) is 15.5 Å². The van der Waals surface area contributed by atoms with Gasteiger partial charge in [0.2, 0.25) is 0 Å². The Morgan fingerprint density at radius 2 is 2.20 bits per heavy atom. The third-order valence-corrected chi connectivity index (χ3v) is 5.54. The molecule has 0 bridgehead atoms. The predicted molar refractivity (Wildman–Crippen MR) is 87.4 cm³/mol. The van der Waals surface area contributed by atoms with Crippen LogP contribution in [0.3, 0.4) is 0 Å². The molecule has 0 spiro atoms. The zero-order valence-corrected chi connectivity index (χ0v) is 14.1. The molecule has 1 aromatic carbocycles. The highest BCUT2D eigenvalue weighted by molar-refractivity contribution is 9.10. The molecule has 1 aliphatic carbocycles. The third kappa shape index (κ3) is 3.58. The van der Waals surface area contributed by atoms with Crippen molar-refractivity contribution >= 4 is 38.9 Å². The summed E-state index contributed by atoms with van der Waals surface area (Å²) in [6.45, 7) is 1.07.